The van der Waals surface area contributed by atoms with Crippen molar-refractivity contribution in [2.75, 3.05) is 0 Å². The van der Waals surface area contributed by atoms with Crippen LogP contribution >= 0.6 is 0 Å². The first-order valence-electron chi connectivity index (χ1n) is 5.05. The summed E-state index contributed by atoms with van der Waals surface area (Å²) in [4.78, 5) is 21.7. The summed E-state index contributed by atoms with van der Waals surface area (Å²) in [6.45, 7) is 0. The molecule has 0 spiro atoms. The van der Waals surface area contributed by atoms with Gasteiger partial charge in [0.05, 0.1) is 4.92 Å². The number of rotatable bonds is 2. The quantitative estimate of drug-likeness (QED) is 0.550. The molecule has 15 heavy (non-hydrogen) atoms. The second kappa shape index (κ2) is 3.84. The van der Waals surface area contributed by atoms with E-state index in [1.807, 2.05) is 0 Å². The number of hydrogen-bond acceptors (Lipinski definition) is 3. The molecule has 0 aromatic carbocycles. The average molecular weight is 208 g/mol. The molecule has 2 rings (SSSR count). The summed E-state index contributed by atoms with van der Waals surface area (Å²) in [7, 11) is 0. The number of nitrogens with zero attached hydrogens (tertiary/aromatic N) is 2. The third-order valence-electron chi connectivity index (χ3n) is 2.87. The monoisotopic (exact) mass is 208 g/mol. The van der Waals surface area contributed by atoms with E-state index in [4.69, 9.17) is 0 Å². The summed E-state index contributed by atoms with van der Waals surface area (Å²) in [6, 6.07) is 2.98. The highest BCUT2D eigenvalue weighted by Gasteiger charge is 2.21. The van der Waals surface area contributed by atoms with Gasteiger partial charge in [-0.2, -0.15) is 0 Å². The van der Waals surface area contributed by atoms with E-state index in [2.05, 4.69) is 0 Å². The van der Waals surface area contributed by atoms with Crippen LogP contribution in [0.2, 0.25) is 0 Å². The predicted octanol–water partition coefficient (Wildman–Crippen LogP) is 1.87. The zero-order chi connectivity index (χ0) is 10.8. The minimum Gasteiger partial charge on any atom is -0.307 e. The van der Waals surface area contributed by atoms with Crippen LogP contribution in [0.25, 0.3) is 0 Å². The number of hydrogen-bond donors (Lipinski definition) is 0. The molecule has 1 fully saturated rings. The highest BCUT2D eigenvalue weighted by molar-refractivity contribution is 5.25. The second-order valence-corrected chi connectivity index (χ2v) is 3.80. The standard InChI is InChI=1S/C10H12N2O3/c13-10-9(12(14)15)6-3-7-11(10)8-4-1-2-5-8/h3,6-8H,1-2,4-5H2. The summed E-state index contributed by atoms with van der Waals surface area (Å²) < 4.78 is 1.51. The largest absolute Gasteiger partial charge is 0.334 e. The van der Waals surface area contributed by atoms with Gasteiger partial charge in [0.2, 0.25) is 0 Å². The van der Waals surface area contributed by atoms with E-state index >= 15 is 0 Å². The van der Waals surface area contributed by atoms with Crippen molar-refractivity contribution in [1.82, 2.24) is 4.57 Å². The van der Waals surface area contributed by atoms with E-state index in [0.29, 0.717) is 0 Å². The van der Waals surface area contributed by atoms with Crippen LogP contribution in [0.1, 0.15) is 31.7 Å². The zero-order valence-electron chi connectivity index (χ0n) is 8.26. The van der Waals surface area contributed by atoms with Crippen molar-refractivity contribution in [2.24, 2.45) is 0 Å². The lowest BCUT2D eigenvalue weighted by atomic mass is 10.2. The fourth-order valence-electron chi connectivity index (χ4n) is 2.11. The first-order valence-corrected chi connectivity index (χ1v) is 5.05. The first-order chi connectivity index (χ1) is 7.20. The summed E-state index contributed by atoms with van der Waals surface area (Å²) >= 11 is 0. The molecule has 1 heterocycles. The molecule has 0 bridgehead atoms. The van der Waals surface area contributed by atoms with Crippen LogP contribution in [-0.4, -0.2) is 9.49 Å². The lowest BCUT2D eigenvalue weighted by molar-refractivity contribution is -0.386. The summed E-state index contributed by atoms with van der Waals surface area (Å²) in [6.07, 6.45) is 5.73. The Hall–Kier alpha value is -1.65. The highest BCUT2D eigenvalue weighted by Crippen LogP contribution is 2.28. The minimum atomic E-state index is -0.617. The van der Waals surface area contributed by atoms with E-state index in [1.54, 1.807) is 12.3 Å². The normalized spacial score (nSPS) is 16.8. The van der Waals surface area contributed by atoms with E-state index in [1.165, 1.54) is 10.6 Å². The van der Waals surface area contributed by atoms with Gasteiger partial charge in [-0.1, -0.05) is 12.8 Å². The van der Waals surface area contributed by atoms with Gasteiger partial charge in [-0.3, -0.25) is 14.9 Å². The molecular weight excluding hydrogens is 196 g/mol. The number of aromatic nitrogens is 1. The Morgan fingerprint density at radius 1 is 1.40 bits per heavy atom. The summed E-state index contributed by atoms with van der Waals surface area (Å²) in [5.74, 6) is 0. The maximum atomic E-state index is 11.7. The Bertz CT molecular complexity index is 433. The molecule has 5 heteroatoms. The molecule has 1 aliphatic rings. The van der Waals surface area contributed by atoms with Gasteiger partial charge in [0, 0.05) is 18.3 Å². The molecule has 0 radical (unpaired) electrons. The second-order valence-electron chi connectivity index (χ2n) is 3.80. The van der Waals surface area contributed by atoms with E-state index in [0.717, 1.165) is 25.7 Å². The van der Waals surface area contributed by atoms with Crippen molar-refractivity contribution in [3.05, 3.63) is 38.8 Å². The third-order valence-corrected chi connectivity index (χ3v) is 2.87. The van der Waals surface area contributed by atoms with Gasteiger partial charge in [0.25, 0.3) is 0 Å². The topological polar surface area (TPSA) is 65.1 Å². The highest BCUT2D eigenvalue weighted by atomic mass is 16.6. The van der Waals surface area contributed by atoms with Gasteiger partial charge in [0.1, 0.15) is 0 Å². The lowest BCUT2D eigenvalue weighted by Gasteiger charge is -2.11. The molecule has 0 amide bonds. The predicted molar refractivity (Wildman–Crippen MR) is 54.9 cm³/mol. The molecule has 0 atom stereocenters. The van der Waals surface area contributed by atoms with Crippen molar-refractivity contribution in [3.63, 3.8) is 0 Å². The Kier molecular flexibility index (Phi) is 2.53. The molecule has 5 nitrogen and oxygen atoms in total. The molecule has 1 aromatic rings. The first kappa shape index (κ1) is 9.89. The molecule has 0 unspecified atom stereocenters. The van der Waals surface area contributed by atoms with Crippen molar-refractivity contribution in [3.8, 4) is 0 Å². The number of nitro groups is 1. The molecule has 0 N–H and O–H groups in total. The van der Waals surface area contributed by atoms with Gasteiger partial charge in [-0.15, -0.1) is 0 Å². The van der Waals surface area contributed by atoms with Crippen LogP contribution in [0.5, 0.6) is 0 Å². The number of pyridine rings is 1. The van der Waals surface area contributed by atoms with Crippen molar-refractivity contribution < 1.29 is 4.92 Å². The van der Waals surface area contributed by atoms with Crippen LogP contribution in [0, 0.1) is 10.1 Å². The minimum absolute atomic E-state index is 0.150. The van der Waals surface area contributed by atoms with Gasteiger partial charge < -0.3 is 4.57 Å². The van der Waals surface area contributed by atoms with E-state index in [-0.39, 0.29) is 11.7 Å². The van der Waals surface area contributed by atoms with Gasteiger partial charge in [-0.05, 0) is 18.9 Å². The van der Waals surface area contributed by atoms with E-state index in [9.17, 15) is 14.9 Å². The van der Waals surface area contributed by atoms with Crippen LogP contribution in [0.3, 0.4) is 0 Å². The van der Waals surface area contributed by atoms with Crippen molar-refractivity contribution >= 4 is 5.69 Å². The van der Waals surface area contributed by atoms with Crippen LogP contribution in [0.15, 0.2) is 23.1 Å². The third kappa shape index (κ3) is 1.77. The summed E-state index contributed by atoms with van der Waals surface area (Å²) in [5, 5.41) is 10.6. The van der Waals surface area contributed by atoms with E-state index < -0.39 is 10.5 Å². The van der Waals surface area contributed by atoms with Gasteiger partial charge >= 0.3 is 11.2 Å². The fourth-order valence-corrected chi connectivity index (χ4v) is 2.11. The van der Waals surface area contributed by atoms with Crippen molar-refractivity contribution in [1.29, 1.82) is 0 Å². The molecular formula is C10H12N2O3. The van der Waals surface area contributed by atoms with Gasteiger partial charge in [0.15, 0.2) is 0 Å². The Morgan fingerprint density at radius 3 is 2.67 bits per heavy atom. The summed E-state index contributed by atoms with van der Waals surface area (Å²) in [5.41, 5.74) is -0.807. The molecule has 80 valence electrons. The molecule has 0 saturated heterocycles. The van der Waals surface area contributed by atoms with Crippen LogP contribution in [0.4, 0.5) is 5.69 Å². The molecule has 1 saturated carbocycles. The molecule has 0 aliphatic heterocycles. The maximum Gasteiger partial charge on any atom is 0.334 e. The SMILES string of the molecule is O=c1c([N+](=O)[O-])cccn1C1CCCC1. The molecule has 1 aromatic heterocycles. The maximum absolute atomic E-state index is 11.7. The average Bonchev–Trinajstić information content (AvgIpc) is 2.70. The zero-order valence-corrected chi connectivity index (χ0v) is 8.26. The van der Waals surface area contributed by atoms with Crippen LogP contribution < -0.4 is 5.56 Å². The van der Waals surface area contributed by atoms with Gasteiger partial charge in [-0.25, -0.2) is 0 Å². The Labute approximate surface area is 86.5 Å². The fraction of sp³-hybridized carbons (Fsp3) is 0.500. The lowest BCUT2D eigenvalue weighted by Crippen LogP contribution is -2.24. The smallest absolute Gasteiger partial charge is 0.307 e. The van der Waals surface area contributed by atoms with Crippen molar-refractivity contribution in [2.45, 2.75) is 31.7 Å². The van der Waals surface area contributed by atoms with Crippen LogP contribution in [-0.2, 0) is 0 Å². The Balaban J connectivity index is 2.44. The Morgan fingerprint density at radius 2 is 2.07 bits per heavy atom. The molecule has 1 aliphatic carbocycles.